The van der Waals surface area contributed by atoms with Gasteiger partial charge in [-0.3, -0.25) is 19.8 Å². The monoisotopic (exact) mass is 340 g/mol. The Balaban J connectivity index is 1.42. The van der Waals surface area contributed by atoms with Crippen molar-refractivity contribution in [3.63, 3.8) is 0 Å². The first kappa shape index (κ1) is 15.9. The Kier molecular flexibility index (Phi) is 3.63. The van der Waals surface area contributed by atoms with E-state index in [0.717, 1.165) is 17.0 Å². The van der Waals surface area contributed by atoms with E-state index in [1.165, 1.54) is 0 Å². The van der Waals surface area contributed by atoms with Gasteiger partial charge in [-0.15, -0.1) is 0 Å². The number of aryl methyl sites for hydroxylation is 1. The van der Waals surface area contributed by atoms with Crippen molar-refractivity contribution in [3.8, 4) is 5.75 Å². The van der Waals surface area contributed by atoms with Crippen LogP contribution in [0.1, 0.15) is 18.9 Å². The molecule has 0 aromatic heterocycles. The summed E-state index contributed by atoms with van der Waals surface area (Å²) in [5.41, 5.74) is 3.54. The first-order valence-electron chi connectivity index (χ1n) is 8.55. The highest BCUT2D eigenvalue weighted by Gasteiger charge is 2.59. The molecule has 0 unspecified atom stereocenters. The standard InChI is InChI=1S/C19H20N2O4/c1-10-3-7-14(8-4-10)25-11(2)17(22)20-21-18(23)15-12-5-6-13(9-12)16(15)19(21)24/h3-8,11-13,15-16H,9H2,1-2H3,(H,20,22)/t11-,12+,13+,15+,16+/m1/s1. The molecule has 0 spiro atoms. The maximum Gasteiger partial charge on any atom is 0.279 e. The van der Waals surface area contributed by atoms with Crippen LogP contribution < -0.4 is 10.2 Å². The summed E-state index contributed by atoms with van der Waals surface area (Å²) in [6, 6.07) is 7.33. The molecule has 25 heavy (non-hydrogen) atoms. The summed E-state index contributed by atoms with van der Waals surface area (Å²) in [7, 11) is 0. The molecule has 1 aromatic rings. The van der Waals surface area contributed by atoms with Gasteiger partial charge in [0.15, 0.2) is 6.10 Å². The van der Waals surface area contributed by atoms with Crippen LogP contribution in [0.15, 0.2) is 36.4 Å². The Morgan fingerprint density at radius 3 is 2.24 bits per heavy atom. The quantitative estimate of drug-likeness (QED) is 0.667. The molecule has 0 radical (unpaired) electrons. The van der Waals surface area contributed by atoms with Crippen LogP contribution in [0.2, 0.25) is 0 Å². The average molecular weight is 340 g/mol. The summed E-state index contributed by atoms with van der Waals surface area (Å²) in [5.74, 6) is -0.962. The van der Waals surface area contributed by atoms with Crippen LogP contribution in [-0.4, -0.2) is 28.8 Å². The van der Waals surface area contributed by atoms with Gasteiger partial charge in [0, 0.05) is 0 Å². The Labute approximate surface area is 145 Å². The molecule has 2 aliphatic carbocycles. The van der Waals surface area contributed by atoms with Gasteiger partial charge in [-0.2, -0.15) is 5.01 Å². The van der Waals surface area contributed by atoms with Gasteiger partial charge >= 0.3 is 0 Å². The van der Waals surface area contributed by atoms with E-state index in [9.17, 15) is 14.4 Å². The highest BCUT2D eigenvalue weighted by atomic mass is 16.5. The van der Waals surface area contributed by atoms with Crippen molar-refractivity contribution in [2.45, 2.75) is 26.4 Å². The topological polar surface area (TPSA) is 75.7 Å². The predicted octanol–water partition coefficient (Wildman–Crippen LogP) is 1.60. The van der Waals surface area contributed by atoms with Crippen LogP contribution in [0.4, 0.5) is 0 Å². The van der Waals surface area contributed by atoms with Crippen LogP contribution in [-0.2, 0) is 14.4 Å². The number of amides is 3. The summed E-state index contributed by atoms with van der Waals surface area (Å²) in [6.07, 6.45) is 4.08. The molecule has 1 saturated heterocycles. The molecule has 1 aliphatic heterocycles. The molecular formula is C19H20N2O4. The van der Waals surface area contributed by atoms with Crippen LogP contribution in [0.5, 0.6) is 5.75 Å². The number of ether oxygens (including phenoxy) is 1. The predicted molar refractivity (Wildman–Crippen MR) is 89.0 cm³/mol. The first-order chi connectivity index (χ1) is 12.0. The summed E-state index contributed by atoms with van der Waals surface area (Å²) >= 11 is 0. The van der Waals surface area contributed by atoms with E-state index in [1.54, 1.807) is 19.1 Å². The smallest absolute Gasteiger partial charge is 0.279 e. The van der Waals surface area contributed by atoms with Gasteiger partial charge in [-0.1, -0.05) is 29.8 Å². The number of fused-ring (bicyclic) bond motifs is 5. The van der Waals surface area contributed by atoms with Gasteiger partial charge in [-0.25, -0.2) is 0 Å². The lowest BCUT2D eigenvalue weighted by Crippen LogP contribution is -2.51. The fourth-order valence-electron chi connectivity index (χ4n) is 4.09. The van der Waals surface area contributed by atoms with E-state index in [2.05, 4.69) is 5.43 Å². The van der Waals surface area contributed by atoms with E-state index in [4.69, 9.17) is 4.74 Å². The van der Waals surface area contributed by atoms with Crippen LogP contribution in [0.25, 0.3) is 0 Å². The highest BCUT2D eigenvalue weighted by molar-refractivity contribution is 6.07. The molecule has 1 N–H and O–H groups in total. The molecule has 1 saturated carbocycles. The highest BCUT2D eigenvalue weighted by Crippen LogP contribution is 2.52. The number of nitrogens with zero attached hydrogens (tertiary/aromatic N) is 1. The molecule has 3 amide bonds. The third kappa shape index (κ3) is 2.52. The van der Waals surface area contributed by atoms with Gasteiger partial charge in [0.1, 0.15) is 5.75 Å². The Hall–Kier alpha value is -2.63. The second-order valence-electron chi connectivity index (χ2n) is 7.06. The number of carbonyl (C=O) groups excluding carboxylic acids is 3. The number of allylic oxidation sites excluding steroid dienone is 2. The number of nitrogens with one attached hydrogen (secondary N) is 1. The van der Waals surface area contributed by atoms with Gasteiger partial charge < -0.3 is 4.74 Å². The molecule has 2 fully saturated rings. The molecule has 5 atom stereocenters. The fourth-order valence-corrected chi connectivity index (χ4v) is 4.09. The number of rotatable bonds is 4. The van der Waals surface area contributed by atoms with E-state index in [-0.39, 0.29) is 35.5 Å². The first-order valence-corrected chi connectivity index (χ1v) is 8.55. The van der Waals surface area contributed by atoms with Gasteiger partial charge in [0.2, 0.25) is 0 Å². The maximum atomic E-state index is 12.6. The molecule has 3 aliphatic rings. The summed E-state index contributed by atoms with van der Waals surface area (Å²) in [4.78, 5) is 37.5. The second kappa shape index (κ2) is 5.72. The Bertz CT molecular complexity index is 740. The van der Waals surface area contributed by atoms with Crippen molar-refractivity contribution in [3.05, 3.63) is 42.0 Å². The number of imide groups is 1. The molecule has 130 valence electrons. The summed E-state index contributed by atoms with van der Waals surface area (Å²) < 4.78 is 5.59. The molecule has 1 heterocycles. The molecular weight excluding hydrogens is 320 g/mol. The Morgan fingerprint density at radius 1 is 1.12 bits per heavy atom. The minimum Gasteiger partial charge on any atom is -0.481 e. The number of hydrogen-bond acceptors (Lipinski definition) is 4. The molecule has 1 aromatic carbocycles. The van der Waals surface area contributed by atoms with Crippen molar-refractivity contribution in [2.24, 2.45) is 23.7 Å². The number of hydrazine groups is 1. The van der Waals surface area contributed by atoms with E-state index >= 15 is 0 Å². The molecule has 6 heteroatoms. The Morgan fingerprint density at radius 2 is 1.68 bits per heavy atom. The largest absolute Gasteiger partial charge is 0.481 e. The van der Waals surface area contributed by atoms with Crippen molar-refractivity contribution < 1.29 is 19.1 Å². The minimum absolute atomic E-state index is 0.120. The zero-order valence-electron chi connectivity index (χ0n) is 14.1. The maximum absolute atomic E-state index is 12.6. The minimum atomic E-state index is -0.821. The lowest BCUT2D eigenvalue weighted by atomic mass is 9.85. The van der Waals surface area contributed by atoms with Crippen molar-refractivity contribution in [1.29, 1.82) is 0 Å². The van der Waals surface area contributed by atoms with Crippen molar-refractivity contribution in [1.82, 2.24) is 10.4 Å². The SMILES string of the molecule is Cc1ccc(O[C@H](C)C(=O)NN2C(=O)[C@@H]3[C@@H](C2=O)[C@H]2C=C[C@H]3C2)cc1. The third-order valence-corrected chi connectivity index (χ3v) is 5.40. The lowest BCUT2D eigenvalue weighted by Gasteiger charge is -2.21. The number of hydrogen-bond donors (Lipinski definition) is 1. The average Bonchev–Trinajstić information content (AvgIpc) is 3.26. The molecule has 2 bridgehead atoms. The van der Waals surface area contributed by atoms with E-state index in [1.807, 2.05) is 31.2 Å². The zero-order chi connectivity index (χ0) is 17.7. The van der Waals surface area contributed by atoms with Crippen LogP contribution in [0, 0.1) is 30.6 Å². The van der Waals surface area contributed by atoms with E-state index in [0.29, 0.717) is 5.75 Å². The number of carbonyl (C=O) groups is 3. The lowest BCUT2D eigenvalue weighted by molar-refractivity contribution is -0.151. The van der Waals surface area contributed by atoms with Crippen LogP contribution >= 0.6 is 0 Å². The second-order valence-corrected chi connectivity index (χ2v) is 7.06. The van der Waals surface area contributed by atoms with Gasteiger partial charge in [0.25, 0.3) is 17.7 Å². The van der Waals surface area contributed by atoms with Crippen molar-refractivity contribution >= 4 is 17.7 Å². The fraction of sp³-hybridized carbons (Fsp3) is 0.421. The molecule has 4 rings (SSSR count). The van der Waals surface area contributed by atoms with Gasteiger partial charge in [-0.05, 0) is 44.2 Å². The van der Waals surface area contributed by atoms with Crippen LogP contribution in [0.3, 0.4) is 0 Å². The zero-order valence-corrected chi connectivity index (χ0v) is 14.1. The number of benzene rings is 1. The summed E-state index contributed by atoms with van der Waals surface area (Å²) in [6.45, 7) is 3.55. The third-order valence-electron chi connectivity index (χ3n) is 5.40. The van der Waals surface area contributed by atoms with E-state index < -0.39 is 12.0 Å². The van der Waals surface area contributed by atoms with Crippen molar-refractivity contribution in [2.75, 3.05) is 0 Å². The normalized spacial score (nSPS) is 30.6. The molecule has 6 nitrogen and oxygen atoms in total. The van der Waals surface area contributed by atoms with Gasteiger partial charge in [0.05, 0.1) is 11.8 Å². The summed E-state index contributed by atoms with van der Waals surface area (Å²) in [5, 5.41) is 0.902.